The number of nitrogens with zero attached hydrogens (tertiary/aromatic N) is 1. The van der Waals surface area contributed by atoms with Gasteiger partial charge in [0, 0.05) is 36.3 Å². The zero-order valence-electron chi connectivity index (χ0n) is 30.6. The molecule has 2 fully saturated rings. The number of hydrogen-bond donors (Lipinski definition) is 5. The predicted molar refractivity (Wildman–Crippen MR) is 206 cm³/mol. The maximum Gasteiger partial charge on any atom is 0.393 e. The van der Waals surface area contributed by atoms with Crippen molar-refractivity contribution in [1.29, 1.82) is 0 Å². The summed E-state index contributed by atoms with van der Waals surface area (Å²) in [5.41, 5.74) is 15.4. The second-order valence-corrected chi connectivity index (χ2v) is 14.0. The summed E-state index contributed by atoms with van der Waals surface area (Å²) in [4.78, 5) is 49.9. The van der Waals surface area contributed by atoms with Gasteiger partial charge in [-0.3, -0.25) is 14.9 Å². The van der Waals surface area contributed by atoms with Crippen LogP contribution >= 0.6 is 0 Å². The monoisotopic (exact) mass is 738 g/mol. The molecule has 7 N–H and O–H groups in total. The summed E-state index contributed by atoms with van der Waals surface area (Å²) in [5.74, 6) is -1.22. The minimum atomic E-state index is -0.280. The molecule has 2 saturated carbocycles. The number of quaternary nitrogens is 1. The van der Waals surface area contributed by atoms with Gasteiger partial charge in [-0.05, 0) is 96.5 Å². The van der Waals surface area contributed by atoms with Crippen LogP contribution in [0.25, 0.3) is 22.3 Å². The molecule has 0 bridgehead atoms. The Morgan fingerprint density at radius 1 is 0.648 bits per heavy atom. The number of carbonyl (C=O) groups is 4. The molecule has 2 aliphatic rings. The Morgan fingerprint density at radius 3 is 1.54 bits per heavy atom. The van der Waals surface area contributed by atoms with E-state index in [2.05, 4.69) is 10.6 Å². The van der Waals surface area contributed by atoms with Crippen LogP contribution in [0.5, 0.6) is 0 Å². The Labute approximate surface area is 314 Å². The lowest BCUT2D eigenvalue weighted by atomic mass is 9.85. The summed E-state index contributed by atoms with van der Waals surface area (Å²) in [5, 5.41) is 5.78. The van der Waals surface area contributed by atoms with Gasteiger partial charge in [0.15, 0.2) is 0 Å². The van der Waals surface area contributed by atoms with Gasteiger partial charge in [-0.1, -0.05) is 61.4 Å². The number of primary amides is 2. The fourth-order valence-electron chi connectivity index (χ4n) is 6.96. The molecule has 6 rings (SSSR count). The summed E-state index contributed by atoms with van der Waals surface area (Å²) < 4.78 is 26.7. The van der Waals surface area contributed by atoms with Crippen LogP contribution in [0.15, 0.2) is 97.1 Å². The molecular formula is C42H48F2N6O4. The molecule has 0 aliphatic heterocycles. The van der Waals surface area contributed by atoms with Crippen LogP contribution in [0.4, 0.5) is 29.7 Å². The third-order valence-electron chi connectivity index (χ3n) is 10.4. The maximum atomic E-state index is 13.4. The van der Waals surface area contributed by atoms with E-state index in [4.69, 9.17) is 11.5 Å². The minimum absolute atomic E-state index is 0.0759. The quantitative estimate of drug-likeness (QED) is 0.127. The Morgan fingerprint density at radius 2 is 1.09 bits per heavy atom. The molecule has 12 heteroatoms. The van der Waals surface area contributed by atoms with Crippen LogP contribution < -0.4 is 27.0 Å². The van der Waals surface area contributed by atoms with Gasteiger partial charge in [-0.15, -0.1) is 18.9 Å². The van der Waals surface area contributed by atoms with Crippen molar-refractivity contribution in [3.8, 4) is 22.3 Å². The smallest absolute Gasteiger partial charge is 0.381 e. The number of nitrogens with two attached hydrogens (primary N) is 2. The third-order valence-corrected chi connectivity index (χ3v) is 10.4. The Kier molecular flexibility index (Phi) is 13.5. The molecule has 0 aromatic heterocycles. The van der Waals surface area contributed by atoms with Crippen LogP contribution in [0, 0.1) is 29.5 Å². The normalized spacial score (nSPS) is 18.0. The molecule has 284 valence electrons. The number of urea groups is 2. The van der Waals surface area contributed by atoms with Gasteiger partial charge in [-0.25, -0.2) is 18.4 Å². The Bertz CT molecular complexity index is 1770. The van der Waals surface area contributed by atoms with Crippen molar-refractivity contribution in [3.05, 3.63) is 115 Å². The highest BCUT2D eigenvalue weighted by Gasteiger charge is 2.29. The van der Waals surface area contributed by atoms with Crippen molar-refractivity contribution in [2.24, 2.45) is 23.3 Å². The van der Waals surface area contributed by atoms with Crippen molar-refractivity contribution in [2.45, 2.75) is 57.4 Å². The number of benzene rings is 4. The van der Waals surface area contributed by atoms with Gasteiger partial charge < -0.3 is 26.6 Å². The van der Waals surface area contributed by atoms with Crippen molar-refractivity contribution >= 4 is 35.3 Å². The van der Waals surface area contributed by atoms with E-state index >= 15 is 0 Å². The second kappa shape index (κ2) is 18.4. The number of hydrogen-bond acceptors (Lipinski definition) is 4. The Balaban J connectivity index is 0.000000208. The van der Waals surface area contributed by atoms with Gasteiger partial charge in [-0.2, -0.15) is 0 Å². The fourth-order valence-corrected chi connectivity index (χ4v) is 6.96. The first-order valence-electron chi connectivity index (χ1n) is 18.2. The number of carbonyl (C=O) groups excluding carboxylic acids is 4. The van der Waals surface area contributed by atoms with Crippen molar-refractivity contribution < 1.29 is 32.9 Å². The van der Waals surface area contributed by atoms with E-state index in [0.717, 1.165) is 66.8 Å². The van der Waals surface area contributed by atoms with E-state index in [0.29, 0.717) is 29.1 Å². The molecule has 4 aromatic carbocycles. The lowest BCUT2D eigenvalue weighted by Gasteiger charge is -2.39. The van der Waals surface area contributed by atoms with Crippen LogP contribution in [-0.4, -0.2) is 48.9 Å². The van der Waals surface area contributed by atoms with Gasteiger partial charge in [0.05, 0.1) is 7.05 Å². The third kappa shape index (κ3) is 10.7. The van der Waals surface area contributed by atoms with Gasteiger partial charge in [0.25, 0.3) is 0 Å². The first-order chi connectivity index (χ1) is 25.9. The van der Waals surface area contributed by atoms with E-state index in [1.165, 1.54) is 24.3 Å². The van der Waals surface area contributed by atoms with E-state index in [1.54, 1.807) is 48.3 Å². The SMILES string of the molecule is CN(C(=O)Nc1ccc(-c2cccc(F)c2)cc1)C1CCC(C(N)=O)CC1.C[NH+](C(=O)Nc1ccc(-c2cccc(F)c2)cc1)[C-]1CCC(C(N)=O)CC1. The van der Waals surface area contributed by atoms with Gasteiger partial charge >= 0.3 is 12.1 Å². The number of rotatable bonds is 8. The maximum absolute atomic E-state index is 13.4. The summed E-state index contributed by atoms with van der Waals surface area (Å²) in [6.07, 6.45) is 5.86. The van der Waals surface area contributed by atoms with Crippen LogP contribution in [-0.2, 0) is 9.59 Å². The van der Waals surface area contributed by atoms with Crippen LogP contribution in [0.2, 0.25) is 0 Å². The molecule has 1 unspecified atom stereocenters. The highest BCUT2D eigenvalue weighted by Crippen LogP contribution is 2.29. The molecule has 6 amide bonds. The second-order valence-electron chi connectivity index (χ2n) is 14.0. The number of halogens is 2. The molecule has 1 atom stereocenters. The lowest BCUT2D eigenvalue weighted by molar-refractivity contribution is -0.779. The molecule has 10 nitrogen and oxygen atoms in total. The van der Waals surface area contributed by atoms with Crippen LogP contribution in [0.3, 0.4) is 0 Å². The molecule has 54 heavy (non-hydrogen) atoms. The molecule has 0 radical (unpaired) electrons. The zero-order valence-corrected chi connectivity index (χ0v) is 30.6. The molecule has 0 saturated heterocycles. The lowest BCUT2D eigenvalue weighted by Crippen LogP contribution is -3.13. The number of amides is 6. The van der Waals surface area contributed by atoms with E-state index < -0.39 is 0 Å². The zero-order chi connectivity index (χ0) is 38.8. The first kappa shape index (κ1) is 39.6. The average Bonchev–Trinajstić information content (AvgIpc) is 3.18. The topological polar surface area (TPSA) is 152 Å². The number of anilines is 2. The first-order valence-corrected chi connectivity index (χ1v) is 18.2. The molecule has 0 heterocycles. The Hall–Kier alpha value is -5.62. The average molecular weight is 739 g/mol. The standard InChI is InChI=1S/2C21H24FN3O2/c2*1-25(19-11-7-15(8-12-19)20(23)26)21(27)24-18-9-5-14(6-10-18)16-3-2-4-17(22)13-16/h2-6,9-10,13,15,25H,7-8,11-12H2,1H3,(H2,23,26)(H,24,27);2-6,9-10,13,15,19H,7-8,11-12H2,1H3,(H2,23,26)(H,24,27). The number of nitrogens with one attached hydrogen (secondary N) is 3. The van der Waals surface area contributed by atoms with E-state index in [9.17, 15) is 28.0 Å². The minimum Gasteiger partial charge on any atom is -0.381 e. The largest absolute Gasteiger partial charge is 0.393 e. The van der Waals surface area contributed by atoms with Gasteiger partial charge in [0.2, 0.25) is 11.8 Å². The molecular weight excluding hydrogens is 690 g/mol. The highest BCUT2D eigenvalue weighted by molar-refractivity contribution is 5.90. The summed E-state index contributed by atoms with van der Waals surface area (Å²) >= 11 is 0. The van der Waals surface area contributed by atoms with E-state index in [-0.39, 0.29) is 53.4 Å². The summed E-state index contributed by atoms with van der Waals surface area (Å²) in [7, 11) is 3.59. The molecule has 0 spiro atoms. The van der Waals surface area contributed by atoms with Crippen molar-refractivity contribution in [2.75, 3.05) is 24.7 Å². The van der Waals surface area contributed by atoms with E-state index in [1.807, 2.05) is 43.4 Å². The molecule has 2 aliphatic carbocycles. The summed E-state index contributed by atoms with van der Waals surface area (Å²) in [6, 6.07) is 28.3. The fraction of sp³-hybridized carbons (Fsp3) is 0.310. The molecule has 4 aromatic rings. The van der Waals surface area contributed by atoms with Gasteiger partial charge in [0.1, 0.15) is 11.6 Å². The van der Waals surface area contributed by atoms with Crippen molar-refractivity contribution in [3.63, 3.8) is 0 Å². The highest BCUT2D eigenvalue weighted by atomic mass is 19.1. The van der Waals surface area contributed by atoms with Crippen molar-refractivity contribution in [1.82, 2.24) is 4.90 Å². The summed E-state index contributed by atoms with van der Waals surface area (Å²) in [6.45, 7) is 0. The van der Waals surface area contributed by atoms with Crippen LogP contribution in [0.1, 0.15) is 51.4 Å². The predicted octanol–water partition coefficient (Wildman–Crippen LogP) is 6.75.